The topological polar surface area (TPSA) is 65.4 Å². The van der Waals surface area contributed by atoms with Crippen molar-refractivity contribution in [3.63, 3.8) is 0 Å². The molecule has 0 saturated heterocycles. The molecule has 0 bridgehead atoms. The van der Waals surface area contributed by atoms with Crippen LogP contribution < -0.4 is 4.74 Å². The molecule has 35 heavy (non-hydrogen) atoms. The van der Waals surface area contributed by atoms with E-state index in [0.717, 1.165) is 22.0 Å². The fourth-order valence-electron chi connectivity index (χ4n) is 4.78. The highest BCUT2D eigenvalue weighted by Gasteiger charge is 2.26. The first-order valence-corrected chi connectivity index (χ1v) is 11.2. The Morgan fingerprint density at radius 1 is 0.714 bits per heavy atom. The third kappa shape index (κ3) is 3.21. The van der Waals surface area contributed by atoms with E-state index in [0.29, 0.717) is 33.5 Å². The molecule has 1 aliphatic rings. The van der Waals surface area contributed by atoms with Crippen LogP contribution in [-0.4, -0.2) is 29.0 Å². The number of ketones is 3. The smallest absolute Gasteiger partial charge is 0.193 e. The lowest BCUT2D eigenvalue weighted by Gasteiger charge is -2.14. The van der Waals surface area contributed by atoms with Crippen molar-refractivity contribution in [2.75, 3.05) is 7.11 Å². The van der Waals surface area contributed by atoms with E-state index < -0.39 is 0 Å². The van der Waals surface area contributed by atoms with Gasteiger partial charge in [0.25, 0.3) is 0 Å². The molecule has 6 rings (SSSR count). The van der Waals surface area contributed by atoms with E-state index >= 15 is 0 Å². The lowest BCUT2D eigenvalue weighted by atomic mass is 9.92. The highest BCUT2D eigenvalue weighted by atomic mass is 16.5. The van der Waals surface area contributed by atoms with Gasteiger partial charge in [0.2, 0.25) is 0 Å². The fraction of sp³-hybridized carbons (Fsp3) is 0.0333. The van der Waals surface area contributed by atoms with Crippen LogP contribution in [0.5, 0.6) is 5.75 Å². The first-order valence-electron chi connectivity index (χ1n) is 11.2. The Morgan fingerprint density at radius 3 is 2.09 bits per heavy atom. The molecule has 0 spiro atoms. The number of hydrogen-bond donors (Lipinski definition) is 0. The minimum Gasteiger partial charge on any atom is -0.497 e. The molecule has 1 heterocycles. The third-order valence-electron chi connectivity index (χ3n) is 6.47. The van der Waals surface area contributed by atoms with Crippen LogP contribution in [-0.2, 0) is 0 Å². The molecule has 5 aromatic rings. The number of nitrogens with zero attached hydrogens (tertiary/aromatic N) is 1. The minimum atomic E-state index is -0.194. The van der Waals surface area contributed by atoms with Gasteiger partial charge in [0.1, 0.15) is 5.75 Å². The standard InChI is InChI=1S/C30H19NO4/c1-35-21-12-8-19(9-13-21)30(34)18-6-10-20(11-7-18)31-25-5-3-2-4-22(25)23-14-15-24-26(32)16-17-27(33)28(24)29(23)31/h2-17H,1H3. The van der Waals surface area contributed by atoms with Crippen LogP contribution in [0.1, 0.15) is 36.6 Å². The molecular weight excluding hydrogens is 438 g/mol. The number of methoxy groups -OCH3 is 1. The van der Waals surface area contributed by atoms with Gasteiger partial charge in [-0.2, -0.15) is 0 Å². The molecule has 1 aliphatic carbocycles. The van der Waals surface area contributed by atoms with E-state index in [1.165, 1.54) is 12.2 Å². The number of carbonyl (C=O) groups is 3. The van der Waals surface area contributed by atoms with E-state index in [1.807, 2.05) is 47.0 Å². The van der Waals surface area contributed by atoms with Crippen molar-refractivity contribution < 1.29 is 19.1 Å². The molecule has 0 fully saturated rings. The van der Waals surface area contributed by atoms with Gasteiger partial charge in [0, 0.05) is 33.2 Å². The monoisotopic (exact) mass is 457 g/mol. The predicted molar refractivity (Wildman–Crippen MR) is 135 cm³/mol. The number of para-hydroxylation sites is 1. The van der Waals surface area contributed by atoms with Crippen molar-refractivity contribution in [1.82, 2.24) is 4.57 Å². The maximum atomic E-state index is 13.0. The number of aromatic nitrogens is 1. The molecule has 1 aromatic heterocycles. The van der Waals surface area contributed by atoms with Crippen LogP contribution in [0.4, 0.5) is 0 Å². The van der Waals surface area contributed by atoms with Gasteiger partial charge in [-0.3, -0.25) is 14.4 Å². The number of allylic oxidation sites excluding steroid dienone is 2. The van der Waals surface area contributed by atoms with E-state index in [4.69, 9.17) is 4.74 Å². The van der Waals surface area contributed by atoms with Crippen LogP contribution in [0.25, 0.3) is 27.5 Å². The molecule has 0 unspecified atom stereocenters. The summed E-state index contributed by atoms with van der Waals surface area (Å²) in [6.07, 6.45) is 2.66. The van der Waals surface area contributed by atoms with Crippen molar-refractivity contribution in [2.45, 2.75) is 0 Å². The van der Waals surface area contributed by atoms with Gasteiger partial charge in [-0.15, -0.1) is 0 Å². The summed E-state index contributed by atoms with van der Waals surface area (Å²) < 4.78 is 7.17. The maximum absolute atomic E-state index is 13.0. The second-order valence-electron chi connectivity index (χ2n) is 8.40. The number of rotatable bonds is 4. The number of hydrogen-bond acceptors (Lipinski definition) is 4. The summed E-state index contributed by atoms with van der Waals surface area (Å²) in [5.41, 5.74) is 4.34. The average molecular weight is 457 g/mol. The second kappa shape index (κ2) is 7.92. The lowest BCUT2D eigenvalue weighted by Crippen LogP contribution is -2.13. The van der Waals surface area contributed by atoms with Crippen LogP contribution in [0.2, 0.25) is 0 Å². The summed E-state index contributed by atoms with van der Waals surface area (Å²) in [5, 5.41) is 1.88. The molecule has 0 N–H and O–H groups in total. The Bertz CT molecular complexity index is 1700. The van der Waals surface area contributed by atoms with Crippen molar-refractivity contribution in [3.8, 4) is 11.4 Å². The molecule has 0 radical (unpaired) electrons. The zero-order chi connectivity index (χ0) is 24.1. The van der Waals surface area contributed by atoms with E-state index in [-0.39, 0.29) is 17.3 Å². The molecule has 0 atom stereocenters. The number of fused-ring (bicyclic) bond motifs is 5. The lowest BCUT2D eigenvalue weighted by molar-refractivity contribution is 0.0995. The molecule has 0 aliphatic heterocycles. The van der Waals surface area contributed by atoms with Crippen LogP contribution in [0.15, 0.2) is 97.1 Å². The first kappa shape index (κ1) is 20.8. The quantitative estimate of drug-likeness (QED) is 0.313. The maximum Gasteiger partial charge on any atom is 0.193 e. The van der Waals surface area contributed by atoms with E-state index in [9.17, 15) is 14.4 Å². The first-order chi connectivity index (χ1) is 17.1. The molecule has 168 valence electrons. The summed E-state index contributed by atoms with van der Waals surface area (Å²) in [4.78, 5) is 38.5. The molecular formula is C30H19NO4. The van der Waals surface area contributed by atoms with Gasteiger partial charge in [-0.05, 0) is 72.8 Å². The van der Waals surface area contributed by atoms with Crippen LogP contribution in [0, 0.1) is 0 Å². The van der Waals surface area contributed by atoms with Crippen molar-refractivity contribution >= 4 is 39.2 Å². The van der Waals surface area contributed by atoms with Crippen molar-refractivity contribution in [2.24, 2.45) is 0 Å². The summed E-state index contributed by atoms with van der Waals surface area (Å²) in [6, 6.07) is 25.8. The summed E-state index contributed by atoms with van der Waals surface area (Å²) in [6.45, 7) is 0. The van der Waals surface area contributed by atoms with Gasteiger partial charge in [-0.25, -0.2) is 0 Å². The van der Waals surface area contributed by atoms with Crippen LogP contribution >= 0.6 is 0 Å². The summed E-state index contributed by atoms with van der Waals surface area (Å²) in [7, 11) is 1.58. The molecule has 5 heteroatoms. The second-order valence-corrected chi connectivity index (χ2v) is 8.40. The minimum absolute atomic E-state index is 0.0929. The average Bonchev–Trinajstić information content (AvgIpc) is 3.25. The van der Waals surface area contributed by atoms with Gasteiger partial charge in [0.15, 0.2) is 17.3 Å². The largest absolute Gasteiger partial charge is 0.497 e. The normalized spacial score (nSPS) is 12.8. The molecule has 0 amide bonds. The molecule has 0 saturated carbocycles. The third-order valence-corrected chi connectivity index (χ3v) is 6.47. The Balaban J connectivity index is 1.53. The van der Waals surface area contributed by atoms with Gasteiger partial charge < -0.3 is 9.30 Å². The molecule has 5 nitrogen and oxygen atoms in total. The SMILES string of the molecule is COc1ccc(C(=O)c2ccc(-n3c4ccccc4c4ccc5c(c43)C(=O)C=CC5=O)cc2)cc1. The Labute approximate surface area is 200 Å². The number of carbonyl (C=O) groups excluding carboxylic acids is 3. The zero-order valence-corrected chi connectivity index (χ0v) is 18.8. The van der Waals surface area contributed by atoms with Crippen molar-refractivity contribution in [3.05, 3.63) is 119 Å². The summed E-state index contributed by atoms with van der Waals surface area (Å²) >= 11 is 0. The van der Waals surface area contributed by atoms with Crippen LogP contribution in [0.3, 0.4) is 0 Å². The fourth-order valence-corrected chi connectivity index (χ4v) is 4.78. The Hall–Kier alpha value is -4.77. The zero-order valence-electron chi connectivity index (χ0n) is 18.8. The highest BCUT2D eigenvalue weighted by molar-refractivity contribution is 6.29. The molecule has 4 aromatic carbocycles. The predicted octanol–water partition coefficient (Wildman–Crippen LogP) is 5.96. The van der Waals surface area contributed by atoms with E-state index in [2.05, 4.69) is 0 Å². The van der Waals surface area contributed by atoms with Gasteiger partial charge in [0.05, 0.1) is 23.7 Å². The summed E-state index contributed by atoms with van der Waals surface area (Å²) in [5.74, 6) is 0.221. The van der Waals surface area contributed by atoms with Gasteiger partial charge in [-0.1, -0.05) is 24.3 Å². The van der Waals surface area contributed by atoms with Crippen molar-refractivity contribution in [1.29, 1.82) is 0 Å². The highest BCUT2D eigenvalue weighted by Crippen LogP contribution is 2.37. The van der Waals surface area contributed by atoms with E-state index in [1.54, 1.807) is 49.6 Å². The Morgan fingerprint density at radius 2 is 1.37 bits per heavy atom. The number of ether oxygens (including phenoxy) is 1. The number of benzene rings is 4. The Kier molecular flexibility index (Phi) is 4.71. The van der Waals surface area contributed by atoms with Gasteiger partial charge >= 0.3 is 0 Å².